The minimum absolute atomic E-state index is 0.279. The molecule has 1 aliphatic heterocycles. The normalized spacial score (nSPS) is 15.0. The molecular formula is C24H20BN. The highest BCUT2D eigenvalue weighted by atomic mass is 14.8. The summed E-state index contributed by atoms with van der Waals surface area (Å²) in [6.07, 6.45) is 9.89. The molecule has 0 unspecified atom stereocenters. The molecule has 1 aliphatic carbocycles. The highest BCUT2D eigenvalue weighted by molar-refractivity contribution is 6.78. The van der Waals surface area contributed by atoms with Crippen molar-refractivity contribution in [1.29, 1.82) is 0 Å². The average molecular weight is 333 g/mol. The fraction of sp³-hybridized carbons (Fsp3) is 0.0833. The summed E-state index contributed by atoms with van der Waals surface area (Å²) >= 11 is 0. The Morgan fingerprint density at radius 1 is 0.731 bits per heavy atom. The Labute approximate surface area is 155 Å². The van der Waals surface area contributed by atoms with Crippen LogP contribution in [-0.2, 0) is 6.32 Å². The van der Waals surface area contributed by atoms with E-state index in [1.54, 1.807) is 0 Å². The van der Waals surface area contributed by atoms with Crippen LogP contribution in [0.25, 0.3) is 11.1 Å². The van der Waals surface area contributed by atoms with Gasteiger partial charge in [-0.15, -0.1) is 0 Å². The van der Waals surface area contributed by atoms with Gasteiger partial charge in [0, 0.05) is 11.6 Å². The first kappa shape index (κ1) is 15.3. The Morgan fingerprint density at radius 2 is 1.46 bits per heavy atom. The van der Waals surface area contributed by atoms with Crippen LogP contribution >= 0.6 is 0 Å². The largest absolute Gasteiger partial charge is 0.424 e. The number of fused-ring (bicyclic) bond motifs is 3. The van der Waals surface area contributed by atoms with Crippen molar-refractivity contribution in [2.45, 2.75) is 12.2 Å². The second-order valence-corrected chi connectivity index (χ2v) is 7.03. The van der Waals surface area contributed by atoms with E-state index in [4.69, 9.17) is 0 Å². The van der Waals surface area contributed by atoms with Crippen LogP contribution in [0, 0.1) is 0 Å². The average Bonchev–Trinajstić information content (AvgIpc) is 3.23. The molecule has 0 spiro atoms. The van der Waals surface area contributed by atoms with Gasteiger partial charge in [0.2, 0.25) is 0 Å². The van der Waals surface area contributed by atoms with E-state index in [-0.39, 0.29) is 6.85 Å². The van der Waals surface area contributed by atoms with Gasteiger partial charge in [-0.1, -0.05) is 85.0 Å². The van der Waals surface area contributed by atoms with Crippen molar-refractivity contribution in [2.24, 2.45) is 0 Å². The van der Waals surface area contributed by atoms with Gasteiger partial charge in [0.05, 0.1) is 0 Å². The highest BCUT2D eigenvalue weighted by Crippen LogP contribution is 2.32. The minimum Gasteiger partial charge on any atom is -0.424 e. The topological polar surface area (TPSA) is 12.0 Å². The van der Waals surface area contributed by atoms with Gasteiger partial charge in [0.15, 0.2) is 0 Å². The monoisotopic (exact) mass is 333 g/mol. The number of benzene rings is 3. The molecule has 0 amide bonds. The van der Waals surface area contributed by atoms with Gasteiger partial charge in [0.25, 0.3) is 6.85 Å². The van der Waals surface area contributed by atoms with Crippen LogP contribution in [0.15, 0.2) is 97.1 Å². The first-order chi connectivity index (χ1) is 12.9. The fourth-order valence-corrected chi connectivity index (χ4v) is 4.28. The quantitative estimate of drug-likeness (QED) is 0.668. The molecule has 2 aliphatic rings. The van der Waals surface area contributed by atoms with Gasteiger partial charge in [0.1, 0.15) is 0 Å². The molecule has 0 radical (unpaired) electrons. The van der Waals surface area contributed by atoms with Crippen molar-refractivity contribution in [3.05, 3.63) is 108 Å². The van der Waals surface area contributed by atoms with Crippen molar-refractivity contribution < 1.29 is 0 Å². The van der Waals surface area contributed by atoms with Crippen LogP contribution in [0.4, 0.5) is 5.69 Å². The van der Waals surface area contributed by atoms with E-state index in [1.165, 1.54) is 33.4 Å². The van der Waals surface area contributed by atoms with Crippen molar-refractivity contribution in [2.75, 3.05) is 5.23 Å². The summed E-state index contributed by atoms with van der Waals surface area (Å²) in [6, 6.07) is 26.1. The molecule has 3 aromatic rings. The number of para-hydroxylation sites is 1. The molecule has 0 bridgehead atoms. The third kappa shape index (κ3) is 2.59. The van der Waals surface area contributed by atoms with Gasteiger partial charge < -0.3 is 5.23 Å². The molecule has 0 atom stereocenters. The predicted molar refractivity (Wildman–Crippen MR) is 112 cm³/mol. The maximum atomic E-state index is 3.79. The van der Waals surface area contributed by atoms with Crippen LogP contribution in [0.1, 0.15) is 17.0 Å². The number of allylic oxidation sites excluding steroid dienone is 4. The minimum atomic E-state index is 0.279. The van der Waals surface area contributed by atoms with E-state index in [0.717, 1.165) is 6.32 Å². The van der Waals surface area contributed by atoms with E-state index in [9.17, 15) is 0 Å². The van der Waals surface area contributed by atoms with Gasteiger partial charge in [-0.3, -0.25) is 0 Å². The lowest BCUT2D eigenvalue weighted by atomic mass is 9.45. The zero-order chi connectivity index (χ0) is 17.3. The standard InChI is InChI=1S/C24H20BN/c1-2-12-20(13-3-1)26-25-17-19-11-6-7-14-21(19)23-16-8-15-22(24(23)25)18-9-4-5-10-18/h1-16,18,26H,17H2. The Morgan fingerprint density at radius 3 is 2.31 bits per heavy atom. The Balaban J connectivity index is 1.67. The van der Waals surface area contributed by atoms with E-state index in [1.807, 2.05) is 0 Å². The smallest absolute Gasteiger partial charge is 0.291 e. The maximum Gasteiger partial charge on any atom is 0.291 e. The van der Waals surface area contributed by atoms with Gasteiger partial charge in [-0.25, -0.2) is 0 Å². The Bertz CT molecular complexity index is 990. The molecular weight excluding hydrogens is 313 g/mol. The summed E-state index contributed by atoms with van der Waals surface area (Å²) in [6.45, 7) is 0.279. The third-order valence-electron chi connectivity index (χ3n) is 5.44. The molecule has 1 N–H and O–H groups in total. The lowest BCUT2D eigenvalue weighted by Crippen LogP contribution is -2.46. The number of hydrogen-bond acceptors (Lipinski definition) is 1. The second kappa shape index (κ2) is 6.38. The van der Waals surface area contributed by atoms with Crippen molar-refractivity contribution in [3.8, 4) is 11.1 Å². The molecule has 5 rings (SSSR count). The molecule has 0 fully saturated rings. The summed E-state index contributed by atoms with van der Waals surface area (Å²) in [5.41, 5.74) is 8.19. The van der Waals surface area contributed by atoms with Crippen LogP contribution in [-0.4, -0.2) is 6.85 Å². The summed E-state index contributed by atoms with van der Waals surface area (Å²) in [4.78, 5) is 0. The van der Waals surface area contributed by atoms with Crippen molar-refractivity contribution >= 4 is 18.0 Å². The molecule has 0 aromatic heterocycles. The van der Waals surface area contributed by atoms with Gasteiger partial charge in [-0.2, -0.15) is 0 Å². The van der Waals surface area contributed by atoms with E-state index >= 15 is 0 Å². The molecule has 2 heteroatoms. The number of nitrogens with one attached hydrogen (secondary N) is 1. The van der Waals surface area contributed by atoms with Gasteiger partial charge >= 0.3 is 0 Å². The second-order valence-electron chi connectivity index (χ2n) is 7.03. The molecule has 1 heterocycles. The maximum absolute atomic E-state index is 3.79. The SMILES string of the molecule is C1=CC(c2cccc3c2B(Nc2ccccc2)Cc2ccccc2-3)C=C1. The van der Waals surface area contributed by atoms with Crippen LogP contribution < -0.4 is 10.7 Å². The molecule has 0 saturated heterocycles. The van der Waals surface area contributed by atoms with E-state index < -0.39 is 0 Å². The van der Waals surface area contributed by atoms with E-state index in [0.29, 0.717) is 5.92 Å². The number of hydrogen-bond donors (Lipinski definition) is 1. The fourth-order valence-electron chi connectivity index (χ4n) is 4.28. The summed E-state index contributed by atoms with van der Waals surface area (Å²) in [5, 5.41) is 3.79. The Hall–Kier alpha value is -3.00. The van der Waals surface area contributed by atoms with Crippen LogP contribution in [0.2, 0.25) is 0 Å². The van der Waals surface area contributed by atoms with Crippen molar-refractivity contribution in [1.82, 2.24) is 0 Å². The highest BCUT2D eigenvalue weighted by Gasteiger charge is 2.31. The zero-order valence-electron chi connectivity index (χ0n) is 14.6. The first-order valence-corrected chi connectivity index (χ1v) is 9.28. The number of rotatable bonds is 3. The zero-order valence-corrected chi connectivity index (χ0v) is 14.6. The summed E-state index contributed by atoms with van der Waals surface area (Å²) in [5.74, 6) is 0.371. The molecule has 3 aromatic carbocycles. The van der Waals surface area contributed by atoms with Gasteiger partial charge in [-0.05, 0) is 46.2 Å². The first-order valence-electron chi connectivity index (χ1n) is 9.28. The Kier molecular flexibility index (Phi) is 3.75. The van der Waals surface area contributed by atoms with Crippen LogP contribution in [0.5, 0.6) is 0 Å². The molecule has 26 heavy (non-hydrogen) atoms. The lowest BCUT2D eigenvalue weighted by molar-refractivity contribution is 1.11. The van der Waals surface area contributed by atoms with E-state index in [2.05, 4.69) is 102 Å². The molecule has 1 nitrogen and oxygen atoms in total. The van der Waals surface area contributed by atoms with Crippen molar-refractivity contribution in [3.63, 3.8) is 0 Å². The third-order valence-corrected chi connectivity index (χ3v) is 5.44. The molecule has 0 saturated carbocycles. The predicted octanol–water partition coefficient (Wildman–Crippen LogP) is 4.97. The van der Waals surface area contributed by atoms with Crippen LogP contribution in [0.3, 0.4) is 0 Å². The molecule has 124 valence electrons. The number of anilines is 1. The summed E-state index contributed by atoms with van der Waals surface area (Å²) < 4.78 is 0. The lowest BCUT2D eigenvalue weighted by Gasteiger charge is -2.30. The summed E-state index contributed by atoms with van der Waals surface area (Å²) in [7, 11) is 0.